The van der Waals surface area contributed by atoms with Crippen molar-refractivity contribution in [3.8, 4) is 0 Å². The molecule has 0 atom stereocenters. The van der Waals surface area contributed by atoms with Crippen molar-refractivity contribution >= 4 is 12.3 Å². The topological polar surface area (TPSA) is 80.3 Å². The molecular formula is C8H10O7. The van der Waals surface area contributed by atoms with Gasteiger partial charge in [-0.05, 0) is 0 Å². The van der Waals surface area contributed by atoms with Crippen molar-refractivity contribution in [1.29, 1.82) is 0 Å². The van der Waals surface area contributed by atoms with Crippen LogP contribution in [0.1, 0.15) is 0 Å². The lowest BCUT2D eigenvalue weighted by Crippen LogP contribution is -2.42. The molecule has 15 heavy (non-hydrogen) atoms. The van der Waals surface area contributed by atoms with Crippen LogP contribution in [0.3, 0.4) is 0 Å². The predicted octanol–water partition coefficient (Wildman–Crippen LogP) is 0.0738. The zero-order valence-electron chi connectivity index (χ0n) is 7.84. The highest BCUT2D eigenvalue weighted by Crippen LogP contribution is 2.10. The highest BCUT2D eigenvalue weighted by molar-refractivity contribution is 5.60. The number of ether oxygens (including phenoxy) is 5. The van der Waals surface area contributed by atoms with Gasteiger partial charge in [0.15, 0.2) is 0 Å². The van der Waals surface area contributed by atoms with Crippen LogP contribution in [-0.2, 0) is 23.7 Å². The van der Waals surface area contributed by atoms with E-state index in [1.54, 1.807) is 0 Å². The van der Waals surface area contributed by atoms with Gasteiger partial charge in [-0.3, -0.25) is 0 Å². The Bertz CT molecular complexity index is 218. The molecular weight excluding hydrogens is 208 g/mol. The summed E-state index contributed by atoms with van der Waals surface area (Å²) in [5.41, 5.74) is 0. The fourth-order valence-corrected chi connectivity index (χ4v) is 1.25. The van der Waals surface area contributed by atoms with Crippen molar-refractivity contribution in [3.05, 3.63) is 0 Å². The fraction of sp³-hybridized carbons (Fsp3) is 0.750. The molecule has 0 radical (unpaired) electrons. The van der Waals surface area contributed by atoms with Crippen molar-refractivity contribution in [3.63, 3.8) is 0 Å². The molecule has 2 heterocycles. The lowest BCUT2D eigenvalue weighted by atomic mass is 10.3. The van der Waals surface area contributed by atoms with E-state index in [0.29, 0.717) is 0 Å². The molecule has 0 bridgehead atoms. The summed E-state index contributed by atoms with van der Waals surface area (Å²) >= 11 is 0. The first-order valence-corrected chi connectivity index (χ1v) is 4.48. The molecule has 0 amide bonds. The third-order valence-corrected chi connectivity index (χ3v) is 1.93. The highest BCUT2D eigenvalue weighted by Gasteiger charge is 2.28. The van der Waals surface area contributed by atoms with E-state index < -0.39 is 12.3 Å². The molecule has 2 saturated heterocycles. The summed E-state index contributed by atoms with van der Waals surface area (Å²) in [5.74, 6) is 0. The maximum Gasteiger partial charge on any atom is 0.508 e. The summed E-state index contributed by atoms with van der Waals surface area (Å²) in [6, 6.07) is 0. The van der Waals surface area contributed by atoms with Gasteiger partial charge in [0.05, 0.1) is 0 Å². The Hall–Kier alpha value is -1.50. The van der Waals surface area contributed by atoms with E-state index >= 15 is 0 Å². The number of carbonyl (C=O) groups is 2. The maximum atomic E-state index is 10.5. The molecule has 0 N–H and O–H groups in total. The first-order valence-electron chi connectivity index (χ1n) is 4.48. The van der Waals surface area contributed by atoms with Crippen LogP contribution in [0.15, 0.2) is 0 Å². The average molecular weight is 218 g/mol. The maximum absolute atomic E-state index is 10.5. The molecule has 7 heteroatoms. The van der Waals surface area contributed by atoms with Gasteiger partial charge in [0.25, 0.3) is 0 Å². The lowest BCUT2D eigenvalue weighted by Gasteiger charge is -2.28. The molecule has 2 aliphatic rings. The molecule has 2 aliphatic heterocycles. The van der Waals surface area contributed by atoms with Crippen LogP contribution in [0, 0.1) is 0 Å². The van der Waals surface area contributed by atoms with Crippen molar-refractivity contribution in [2.45, 2.75) is 12.2 Å². The van der Waals surface area contributed by atoms with Gasteiger partial charge >= 0.3 is 12.3 Å². The second kappa shape index (κ2) is 4.35. The van der Waals surface area contributed by atoms with Crippen molar-refractivity contribution in [2.24, 2.45) is 0 Å². The molecule has 0 saturated carbocycles. The minimum absolute atomic E-state index is 0.142. The molecule has 0 aromatic heterocycles. The van der Waals surface area contributed by atoms with E-state index in [2.05, 4.69) is 18.9 Å². The first kappa shape index (κ1) is 10.0. The standard InChI is InChI=1S/C8H10O7/c9-7-11-1-5(2-12-7)15-6-3-13-8(10)14-4-6/h5-6H,1-4H2. The second-order valence-electron chi connectivity index (χ2n) is 3.12. The van der Waals surface area contributed by atoms with Crippen LogP contribution in [0.5, 0.6) is 0 Å². The van der Waals surface area contributed by atoms with E-state index in [4.69, 9.17) is 4.74 Å². The van der Waals surface area contributed by atoms with Crippen LogP contribution < -0.4 is 0 Å². The summed E-state index contributed by atoms with van der Waals surface area (Å²) in [6.45, 7) is 0.569. The first-order chi connectivity index (χ1) is 7.24. The minimum atomic E-state index is -0.693. The summed E-state index contributed by atoms with van der Waals surface area (Å²) in [4.78, 5) is 21.1. The van der Waals surface area contributed by atoms with Crippen LogP contribution in [0.2, 0.25) is 0 Å². The van der Waals surface area contributed by atoms with E-state index in [1.807, 2.05) is 0 Å². The summed E-state index contributed by atoms with van der Waals surface area (Å²) in [5, 5.41) is 0. The Morgan fingerprint density at radius 1 is 0.800 bits per heavy atom. The van der Waals surface area contributed by atoms with Crippen molar-refractivity contribution < 1.29 is 33.3 Å². The normalized spacial score (nSPS) is 23.7. The number of cyclic esters (lactones) is 4. The van der Waals surface area contributed by atoms with E-state index in [1.165, 1.54) is 0 Å². The quantitative estimate of drug-likeness (QED) is 0.607. The van der Waals surface area contributed by atoms with Gasteiger partial charge in [-0.2, -0.15) is 0 Å². The Morgan fingerprint density at radius 3 is 1.47 bits per heavy atom. The van der Waals surface area contributed by atoms with Gasteiger partial charge < -0.3 is 23.7 Å². The molecule has 0 aliphatic carbocycles. The molecule has 0 spiro atoms. The Balaban J connectivity index is 1.72. The third-order valence-electron chi connectivity index (χ3n) is 1.93. The Kier molecular flexibility index (Phi) is 2.91. The van der Waals surface area contributed by atoms with Gasteiger partial charge in [-0.25, -0.2) is 9.59 Å². The highest BCUT2D eigenvalue weighted by atomic mass is 16.8. The molecule has 2 fully saturated rings. The second-order valence-corrected chi connectivity index (χ2v) is 3.12. The molecule has 0 aromatic rings. The Labute approximate surface area is 85.2 Å². The molecule has 84 valence electrons. The zero-order chi connectivity index (χ0) is 10.7. The van der Waals surface area contributed by atoms with Crippen LogP contribution in [0.4, 0.5) is 9.59 Å². The SMILES string of the molecule is O=C1OCC(OC2COC(=O)OC2)CO1. The van der Waals surface area contributed by atoms with Gasteiger partial charge in [-0.15, -0.1) is 0 Å². The van der Waals surface area contributed by atoms with Gasteiger partial charge in [0.1, 0.15) is 38.6 Å². The van der Waals surface area contributed by atoms with Gasteiger partial charge in [0.2, 0.25) is 0 Å². The van der Waals surface area contributed by atoms with E-state index in [0.717, 1.165) is 0 Å². The lowest BCUT2D eigenvalue weighted by molar-refractivity contribution is -0.148. The van der Waals surface area contributed by atoms with E-state index in [-0.39, 0.29) is 38.6 Å². The Morgan fingerprint density at radius 2 is 1.13 bits per heavy atom. The zero-order valence-corrected chi connectivity index (χ0v) is 7.84. The average Bonchev–Trinajstić information content (AvgIpc) is 2.25. The van der Waals surface area contributed by atoms with Crippen LogP contribution in [-0.4, -0.2) is 50.9 Å². The van der Waals surface area contributed by atoms with Crippen LogP contribution in [0.25, 0.3) is 0 Å². The monoisotopic (exact) mass is 218 g/mol. The molecule has 0 unspecified atom stereocenters. The summed E-state index contributed by atoms with van der Waals surface area (Å²) < 4.78 is 23.9. The predicted molar refractivity (Wildman–Crippen MR) is 43.3 cm³/mol. The van der Waals surface area contributed by atoms with Gasteiger partial charge in [-0.1, -0.05) is 0 Å². The number of carbonyl (C=O) groups excluding carboxylic acids is 2. The van der Waals surface area contributed by atoms with Crippen molar-refractivity contribution in [2.75, 3.05) is 26.4 Å². The molecule has 0 aromatic carbocycles. The largest absolute Gasteiger partial charge is 0.508 e. The molecule has 2 rings (SSSR count). The van der Waals surface area contributed by atoms with Crippen LogP contribution >= 0.6 is 0 Å². The van der Waals surface area contributed by atoms with Gasteiger partial charge in [0, 0.05) is 0 Å². The fourth-order valence-electron chi connectivity index (χ4n) is 1.25. The molecule has 7 nitrogen and oxygen atoms in total. The number of hydrogen-bond acceptors (Lipinski definition) is 7. The third kappa shape index (κ3) is 2.72. The summed E-state index contributed by atoms with van der Waals surface area (Å²) in [7, 11) is 0. The van der Waals surface area contributed by atoms with E-state index in [9.17, 15) is 9.59 Å². The summed E-state index contributed by atoms with van der Waals surface area (Å²) in [6.07, 6.45) is -2.07. The number of rotatable bonds is 2. The number of hydrogen-bond donors (Lipinski definition) is 0. The smallest absolute Gasteiger partial charge is 0.431 e. The minimum Gasteiger partial charge on any atom is -0.431 e. The van der Waals surface area contributed by atoms with Crippen molar-refractivity contribution in [1.82, 2.24) is 0 Å².